The van der Waals surface area contributed by atoms with Crippen LogP contribution in [0.25, 0.3) is 0 Å². The first-order chi connectivity index (χ1) is 7.87. The fraction of sp³-hybridized carbons (Fsp3) is 0.538. The SMILES string of the molecule is CCc1ccc(C(Br)CC(F)(F)F)cc1CC. The van der Waals surface area contributed by atoms with Crippen molar-refractivity contribution in [3.63, 3.8) is 0 Å². The van der Waals surface area contributed by atoms with Crippen molar-refractivity contribution in [2.75, 3.05) is 0 Å². The highest BCUT2D eigenvalue weighted by Crippen LogP contribution is 2.36. The molecule has 0 aromatic heterocycles. The van der Waals surface area contributed by atoms with Gasteiger partial charge < -0.3 is 0 Å². The summed E-state index contributed by atoms with van der Waals surface area (Å²) in [5.41, 5.74) is 3.05. The van der Waals surface area contributed by atoms with Crippen molar-refractivity contribution in [1.82, 2.24) is 0 Å². The summed E-state index contributed by atoms with van der Waals surface area (Å²) in [5, 5.41) is 0. The first kappa shape index (κ1) is 14.6. The lowest BCUT2D eigenvalue weighted by Gasteiger charge is -2.15. The van der Waals surface area contributed by atoms with Gasteiger partial charge in [-0.25, -0.2) is 0 Å². The molecule has 0 aliphatic carbocycles. The lowest BCUT2D eigenvalue weighted by atomic mass is 9.98. The fourth-order valence-corrected chi connectivity index (χ4v) is 2.49. The van der Waals surface area contributed by atoms with Crippen LogP contribution in [0.3, 0.4) is 0 Å². The van der Waals surface area contributed by atoms with Gasteiger partial charge in [0.2, 0.25) is 0 Å². The highest BCUT2D eigenvalue weighted by molar-refractivity contribution is 9.09. The normalized spacial score (nSPS) is 13.8. The van der Waals surface area contributed by atoms with Gasteiger partial charge in [-0.3, -0.25) is 0 Å². The van der Waals surface area contributed by atoms with Gasteiger partial charge in [0, 0.05) is 4.83 Å². The molecule has 0 heterocycles. The number of halogens is 4. The summed E-state index contributed by atoms with van der Waals surface area (Å²) < 4.78 is 36.9. The van der Waals surface area contributed by atoms with E-state index in [4.69, 9.17) is 0 Å². The van der Waals surface area contributed by atoms with Crippen molar-refractivity contribution in [3.05, 3.63) is 34.9 Å². The first-order valence-corrected chi connectivity index (χ1v) is 6.61. The molecule has 17 heavy (non-hydrogen) atoms. The minimum Gasteiger partial charge on any atom is -0.171 e. The molecule has 1 aromatic carbocycles. The van der Waals surface area contributed by atoms with Crippen molar-refractivity contribution in [1.29, 1.82) is 0 Å². The van der Waals surface area contributed by atoms with Crippen molar-refractivity contribution in [3.8, 4) is 0 Å². The van der Waals surface area contributed by atoms with E-state index in [1.54, 1.807) is 6.07 Å². The Morgan fingerprint density at radius 3 is 2.18 bits per heavy atom. The molecule has 1 rings (SSSR count). The molecular weight excluding hydrogens is 293 g/mol. The lowest BCUT2D eigenvalue weighted by Crippen LogP contribution is -2.10. The van der Waals surface area contributed by atoms with Gasteiger partial charge in [-0.2, -0.15) is 13.2 Å². The van der Waals surface area contributed by atoms with E-state index in [9.17, 15) is 13.2 Å². The van der Waals surface area contributed by atoms with Crippen LogP contribution in [-0.4, -0.2) is 6.18 Å². The van der Waals surface area contributed by atoms with Gasteiger partial charge in [0.1, 0.15) is 0 Å². The van der Waals surface area contributed by atoms with E-state index in [2.05, 4.69) is 22.9 Å². The molecule has 0 N–H and O–H groups in total. The molecule has 0 spiro atoms. The molecule has 1 atom stereocenters. The Kier molecular flexibility index (Phi) is 5.04. The number of hydrogen-bond donors (Lipinski definition) is 0. The molecule has 1 unspecified atom stereocenters. The van der Waals surface area contributed by atoms with Crippen molar-refractivity contribution in [2.45, 2.75) is 44.1 Å². The second-order valence-electron chi connectivity index (χ2n) is 4.02. The average molecular weight is 309 g/mol. The highest BCUT2D eigenvalue weighted by Gasteiger charge is 2.31. The summed E-state index contributed by atoms with van der Waals surface area (Å²) in [6, 6.07) is 5.59. The van der Waals surface area contributed by atoms with Crippen LogP contribution >= 0.6 is 15.9 Å². The number of alkyl halides is 4. The van der Waals surface area contributed by atoms with Crippen LogP contribution in [0.5, 0.6) is 0 Å². The van der Waals surface area contributed by atoms with Gasteiger partial charge in [0.15, 0.2) is 0 Å². The maximum Gasteiger partial charge on any atom is 0.390 e. The van der Waals surface area contributed by atoms with Gasteiger partial charge in [-0.15, -0.1) is 0 Å². The Balaban J connectivity index is 2.92. The second kappa shape index (κ2) is 5.89. The first-order valence-electron chi connectivity index (χ1n) is 5.69. The van der Waals surface area contributed by atoms with Crippen LogP contribution in [0.1, 0.15) is 41.8 Å². The summed E-state index contributed by atoms with van der Waals surface area (Å²) in [6.07, 6.45) is -3.20. The zero-order valence-electron chi connectivity index (χ0n) is 9.94. The number of rotatable bonds is 4. The van der Waals surface area contributed by atoms with Crippen molar-refractivity contribution in [2.24, 2.45) is 0 Å². The third-order valence-corrected chi connectivity index (χ3v) is 3.62. The monoisotopic (exact) mass is 308 g/mol. The Hall–Kier alpha value is -0.510. The molecule has 0 nitrogen and oxygen atoms in total. The van der Waals surface area contributed by atoms with Gasteiger partial charge in [0.05, 0.1) is 6.42 Å². The maximum absolute atomic E-state index is 12.3. The van der Waals surface area contributed by atoms with Gasteiger partial charge >= 0.3 is 6.18 Å². The summed E-state index contributed by atoms with van der Waals surface area (Å²) in [7, 11) is 0. The van der Waals surface area contributed by atoms with E-state index in [1.807, 2.05) is 19.1 Å². The standard InChI is InChI=1S/C13H16BrF3/c1-3-9-5-6-11(7-10(9)4-2)12(14)8-13(15,16)17/h5-7,12H,3-4,8H2,1-2H3. The quantitative estimate of drug-likeness (QED) is 0.671. The zero-order valence-corrected chi connectivity index (χ0v) is 11.5. The van der Waals surface area contributed by atoms with Crippen LogP contribution in [0.4, 0.5) is 13.2 Å². The van der Waals surface area contributed by atoms with E-state index in [0.29, 0.717) is 5.56 Å². The Morgan fingerprint density at radius 2 is 1.71 bits per heavy atom. The lowest BCUT2D eigenvalue weighted by molar-refractivity contribution is -0.134. The average Bonchev–Trinajstić information content (AvgIpc) is 2.25. The Morgan fingerprint density at radius 1 is 1.12 bits per heavy atom. The predicted octanol–water partition coefficient (Wildman–Crippen LogP) is 5.20. The van der Waals surface area contributed by atoms with E-state index in [-0.39, 0.29) is 0 Å². The van der Waals surface area contributed by atoms with Gasteiger partial charge in [0.25, 0.3) is 0 Å². The van der Waals surface area contributed by atoms with Crippen LogP contribution < -0.4 is 0 Å². The summed E-state index contributed by atoms with van der Waals surface area (Å²) >= 11 is 3.11. The molecule has 0 fully saturated rings. The molecule has 96 valence electrons. The molecule has 1 aromatic rings. The van der Waals surface area contributed by atoms with E-state index in [1.165, 1.54) is 5.56 Å². The largest absolute Gasteiger partial charge is 0.390 e. The molecule has 4 heteroatoms. The Bertz CT molecular complexity index is 371. The number of hydrogen-bond acceptors (Lipinski definition) is 0. The van der Waals surface area contributed by atoms with Gasteiger partial charge in [-0.05, 0) is 29.5 Å². The zero-order chi connectivity index (χ0) is 13.1. The highest BCUT2D eigenvalue weighted by atomic mass is 79.9. The third-order valence-electron chi connectivity index (χ3n) is 2.76. The molecule has 0 saturated heterocycles. The minimum atomic E-state index is -4.13. The Labute approximate surface area is 108 Å². The molecule has 0 aliphatic heterocycles. The smallest absolute Gasteiger partial charge is 0.171 e. The molecular formula is C13H16BrF3. The summed E-state index contributed by atoms with van der Waals surface area (Å²) in [6.45, 7) is 4.07. The molecule has 0 aliphatic rings. The summed E-state index contributed by atoms with van der Waals surface area (Å²) in [4.78, 5) is -0.654. The van der Waals surface area contributed by atoms with Crippen molar-refractivity contribution >= 4 is 15.9 Å². The molecule has 0 saturated carbocycles. The van der Waals surface area contributed by atoms with E-state index >= 15 is 0 Å². The van der Waals surface area contributed by atoms with Crippen LogP contribution in [0, 0.1) is 0 Å². The molecule has 0 bridgehead atoms. The van der Waals surface area contributed by atoms with Crippen LogP contribution in [0.2, 0.25) is 0 Å². The summed E-state index contributed by atoms with van der Waals surface area (Å²) in [5.74, 6) is 0. The van der Waals surface area contributed by atoms with Gasteiger partial charge in [-0.1, -0.05) is 48.0 Å². The third kappa shape index (κ3) is 4.34. The molecule has 0 radical (unpaired) electrons. The number of benzene rings is 1. The second-order valence-corrected chi connectivity index (χ2v) is 5.13. The van der Waals surface area contributed by atoms with Crippen molar-refractivity contribution < 1.29 is 13.2 Å². The number of aryl methyl sites for hydroxylation is 2. The van der Waals surface area contributed by atoms with E-state index < -0.39 is 17.4 Å². The predicted molar refractivity (Wildman–Crippen MR) is 67.5 cm³/mol. The van der Waals surface area contributed by atoms with E-state index in [0.717, 1.165) is 18.4 Å². The minimum absolute atomic E-state index is 0.654. The fourth-order valence-electron chi connectivity index (χ4n) is 1.84. The maximum atomic E-state index is 12.3. The molecule has 0 amide bonds. The topological polar surface area (TPSA) is 0 Å². The van der Waals surface area contributed by atoms with Crippen LogP contribution in [-0.2, 0) is 12.8 Å². The van der Waals surface area contributed by atoms with Crippen LogP contribution in [0.15, 0.2) is 18.2 Å².